The monoisotopic (exact) mass is 344 g/mol. The summed E-state index contributed by atoms with van der Waals surface area (Å²) < 4.78 is 0. The maximum Gasteiger partial charge on any atom is 0.255 e. The molecule has 0 saturated heterocycles. The van der Waals surface area contributed by atoms with Crippen LogP contribution in [-0.2, 0) is 0 Å². The average molecular weight is 345 g/mol. The summed E-state index contributed by atoms with van der Waals surface area (Å²) in [6.07, 6.45) is 0. The van der Waals surface area contributed by atoms with Gasteiger partial charge in [0.25, 0.3) is 11.8 Å². The third-order valence-corrected chi connectivity index (χ3v) is 4.01. The molecule has 0 aromatic heterocycles. The van der Waals surface area contributed by atoms with Gasteiger partial charge in [-0.1, -0.05) is 31.5 Å². The van der Waals surface area contributed by atoms with Gasteiger partial charge in [0.2, 0.25) is 0 Å². The van der Waals surface area contributed by atoms with Crippen LogP contribution in [0.15, 0.2) is 42.5 Å². The number of amides is 2. The minimum absolute atomic E-state index is 0.138. The second-order valence-electron chi connectivity index (χ2n) is 6.05. The van der Waals surface area contributed by atoms with Gasteiger partial charge < -0.3 is 10.6 Å². The van der Waals surface area contributed by atoms with E-state index < -0.39 is 0 Å². The number of hydrogen-bond donors (Lipinski definition) is 2. The Hall–Kier alpha value is -2.33. The first-order valence-electron chi connectivity index (χ1n) is 7.83. The van der Waals surface area contributed by atoms with Gasteiger partial charge >= 0.3 is 0 Å². The summed E-state index contributed by atoms with van der Waals surface area (Å²) in [6.45, 7) is 6.53. The van der Waals surface area contributed by atoms with E-state index in [1.807, 2.05) is 20.8 Å². The Balaban J connectivity index is 2.06. The number of hydrogen-bond acceptors (Lipinski definition) is 2. The van der Waals surface area contributed by atoms with E-state index in [0.717, 1.165) is 5.56 Å². The molecule has 2 N–H and O–H groups in total. The van der Waals surface area contributed by atoms with E-state index in [1.165, 1.54) is 0 Å². The largest absolute Gasteiger partial charge is 0.352 e. The molecule has 4 nitrogen and oxygen atoms in total. The van der Waals surface area contributed by atoms with Gasteiger partial charge in [-0.2, -0.15) is 0 Å². The fourth-order valence-corrected chi connectivity index (χ4v) is 2.28. The van der Waals surface area contributed by atoms with Gasteiger partial charge in [-0.3, -0.25) is 9.59 Å². The van der Waals surface area contributed by atoms with Crippen LogP contribution in [0.2, 0.25) is 5.02 Å². The summed E-state index contributed by atoms with van der Waals surface area (Å²) in [6, 6.07) is 11.9. The number of carbonyl (C=O) groups excluding carboxylic acids is 2. The number of rotatable bonds is 5. The van der Waals surface area contributed by atoms with Crippen LogP contribution < -0.4 is 10.6 Å². The van der Waals surface area contributed by atoms with Crippen LogP contribution in [0.1, 0.15) is 40.1 Å². The Labute approximate surface area is 147 Å². The van der Waals surface area contributed by atoms with Crippen molar-refractivity contribution in [2.24, 2.45) is 5.92 Å². The van der Waals surface area contributed by atoms with E-state index in [-0.39, 0.29) is 11.8 Å². The summed E-state index contributed by atoms with van der Waals surface area (Å²) in [5, 5.41) is 6.28. The normalized spacial score (nSPS) is 10.5. The van der Waals surface area contributed by atoms with Crippen molar-refractivity contribution in [2.45, 2.75) is 20.8 Å². The van der Waals surface area contributed by atoms with Crippen LogP contribution in [0.25, 0.3) is 0 Å². The average Bonchev–Trinajstić information content (AvgIpc) is 2.57. The van der Waals surface area contributed by atoms with Gasteiger partial charge in [-0.25, -0.2) is 0 Å². The summed E-state index contributed by atoms with van der Waals surface area (Å²) in [4.78, 5) is 24.3. The van der Waals surface area contributed by atoms with Crippen LogP contribution in [0.5, 0.6) is 0 Å². The first kappa shape index (κ1) is 18.0. The van der Waals surface area contributed by atoms with Crippen molar-refractivity contribution < 1.29 is 9.59 Å². The summed E-state index contributed by atoms with van der Waals surface area (Å²) in [7, 11) is 0. The highest BCUT2D eigenvalue weighted by Crippen LogP contribution is 2.23. The summed E-state index contributed by atoms with van der Waals surface area (Å²) in [5.41, 5.74) is 2.50. The molecule has 24 heavy (non-hydrogen) atoms. The maximum absolute atomic E-state index is 12.3. The Kier molecular flexibility index (Phi) is 5.99. The molecular formula is C19H21ClN2O2. The molecular weight excluding hydrogens is 324 g/mol. The zero-order valence-electron chi connectivity index (χ0n) is 14.0. The van der Waals surface area contributed by atoms with Crippen molar-refractivity contribution in [3.8, 4) is 0 Å². The van der Waals surface area contributed by atoms with Crippen LogP contribution in [0, 0.1) is 12.8 Å². The van der Waals surface area contributed by atoms with E-state index in [4.69, 9.17) is 11.6 Å². The molecule has 2 aromatic carbocycles. The predicted molar refractivity (Wildman–Crippen MR) is 97.8 cm³/mol. The molecule has 0 aliphatic carbocycles. The fourth-order valence-electron chi connectivity index (χ4n) is 2.11. The Morgan fingerprint density at radius 3 is 2.17 bits per heavy atom. The van der Waals surface area contributed by atoms with E-state index in [0.29, 0.717) is 34.3 Å². The number of carbonyl (C=O) groups is 2. The van der Waals surface area contributed by atoms with Gasteiger partial charge in [-0.05, 0) is 54.8 Å². The van der Waals surface area contributed by atoms with E-state index in [9.17, 15) is 9.59 Å². The number of anilines is 1. The van der Waals surface area contributed by atoms with Crippen molar-refractivity contribution in [2.75, 3.05) is 11.9 Å². The van der Waals surface area contributed by atoms with Crippen molar-refractivity contribution in [1.29, 1.82) is 0 Å². The number of halogens is 1. The molecule has 0 aliphatic heterocycles. The SMILES string of the molecule is Cc1c(Cl)cccc1NC(=O)c1ccc(C(=O)NCC(C)C)cc1. The van der Waals surface area contributed by atoms with E-state index >= 15 is 0 Å². The lowest BCUT2D eigenvalue weighted by Crippen LogP contribution is -2.27. The van der Waals surface area contributed by atoms with Gasteiger partial charge in [0, 0.05) is 28.4 Å². The van der Waals surface area contributed by atoms with E-state index in [1.54, 1.807) is 42.5 Å². The topological polar surface area (TPSA) is 58.2 Å². The van der Waals surface area contributed by atoms with Crippen molar-refractivity contribution in [3.63, 3.8) is 0 Å². The molecule has 0 aliphatic rings. The highest BCUT2D eigenvalue weighted by molar-refractivity contribution is 6.31. The van der Waals surface area contributed by atoms with Crippen LogP contribution in [0.4, 0.5) is 5.69 Å². The third kappa shape index (κ3) is 4.59. The molecule has 0 spiro atoms. The lowest BCUT2D eigenvalue weighted by Gasteiger charge is -2.10. The molecule has 0 heterocycles. The lowest BCUT2D eigenvalue weighted by molar-refractivity contribution is 0.0947. The fraction of sp³-hybridized carbons (Fsp3) is 0.263. The second kappa shape index (κ2) is 7.97. The zero-order valence-corrected chi connectivity index (χ0v) is 14.8. The molecule has 5 heteroatoms. The standard InChI is InChI=1S/C19H21ClN2O2/c1-12(2)11-21-18(23)14-7-9-15(10-8-14)19(24)22-17-6-4-5-16(20)13(17)3/h4-10,12H,11H2,1-3H3,(H,21,23)(H,22,24). The van der Waals surface area contributed by atoms with Gasteiger partial charge in [0.05, 0.1) is 0 Å². The third-order valence-electron chi connectivity index (χ3n) is 3.60. The predicted octanol–water partition coefficient (Wildman–Crippen LogP) is 4.29. The summed E-state index contributed by atoms with van der Waals surface area (Å²) in [5.74, 6) is 0.00999. The second-order valence-corrected chi connectivity index (χ2v) is 6.45. The minimum atomic E-state index is -0.241. The molecule has 0 unspecified atom stereocenters. The first-order chi connectivity index (χ1) is 11.4. The van der Waals surface area contributed by atoms with Crippen LogP contribution in [-0.4, -0.2) is 18.4 Å². The molecule has 0 radical (unpaired) electrons. The highest BCUT2D eigenvalue weighted by atomic mass is 35.5. The maximum atomic E-state index is 12.3. The smallest absolute Gasteiger partial charge is 0.255 e. The minimum Gasteiger partial charge on any atom is -0.352 e. The Morgan fingerprint density at radius 1 is 1.00 bits per heavy atom. The Bertz CT molecular complexity index is 740. The number of nitrogens with one attached hydrogen (secondary N) is 2. The molecule has 2 aromatic rings. The molecule has 0 atom stereocenters. The lowest BCUT2D eigenvalue weighted by atomic mass is 10.1. The highest BCUT2D eigenvalue weighted by Gasteiger charge is 2.11. The van der Waals surface area contributed by atoms with Gasteiger partial charge in [0.1, 0.15) is 0 Å². The summed E-state index contributed by atoms with van der Waals surface area (Å²) >= 11 is 6.06. The zero-order chi connectivity index (χ0) is 17.7. The van der Waals surface area contributed by atoms with Crippen molar-refractivity contribution >= 4 is 29.1 Å². The molecule has 0 fully saturated rings. The van der Waals surface area contributed by atoms with Gasteiger partial charge in [0.15, 0.2) is 0 Å². The van der Waals surface area contributed by atoms with Crippen LogP contribution >= 0.6 is 11.6 Å². The Morgan fingerprint density at radius 2 is 1.58 bits per heavy atom. The first-order valence-corrected chi connectivity index (χ1v) is 8.21. The van der Waals surface area contributed by atoms with Crippen LogP contribution in [0.3, 0.4) is 0 Å². The molecule has 0 bridgehead atoms. The molecule has 0 saturated carbocycles. The van der Waals surface area contributed by atoms with Crippen molar-refractivity contribution in [3.05, 3.63) is 64.2 Å². The van der Waals surface area contributed by atoms with Crippen molar-refractivity contribution in [1.82, 2.24) is 5.32 Å². The van der Waals surface area contributed by atoms with Gasteiger partial charge in [-0.15, -0.1) is 0 Å². The molecule has 126 valence electrons. The van der Waals surface area contributed by atoms with E-state index in [2.05, 4.69) is 10.6 Å². The quantitative estimate of drug-likeness (QED) is 0.850. The molecule has 2 rings (SSSR count). The number of benzene rings is 2. The molecule has 2 amide bonds.